The first kappa shape index (κ1) is 20.9. The van der Waals surface area contributed by atoms with Crippen molar-refractivity contribution >= 4 is 5.91 Å². The maximum atomic E-state index is 13.8. The van der Waals surface area contributed by atoms with Crippen molar-refractivity contribution in [3.05, 3.63) is 76.9 Å². The van der Waals surface area contributed by atoms with Crippen molar-refractivity contribution in [3.8, 4) is 11.4 Å². The summed E-state index contributed by atoms with van der Waals surface area (Å²) in [6.07, 6.45) is -0.926. The Labute approximate surface area is 175 Å². The fourth-order valence-electron chi connectivity index (χ4n) is 3.78. The smallest absolute Gasteiger partial charge is 0.419 e. The van der Waals surface area contributed by atoms with Crippen LogP contribution in [0.5, 0.6) is 5.75 Å². The zero-order valence-corrected chi connectivity index (χ0v) is 16.5. The summed E-state index contributed by atoms with van der Waals surface area (Å²) in [5, 5.41) is 7.25. The topological polar surface area (TPSA) is 56.1 Å². The zero-order valence-electron chi connectivity index (χ0n) is 16.5. The molecule has 0 fully saturated rings. The Kier molecular flexibility index (Phi) is 5.43. The number of hydrogen-bond donors (Lipinski definition) is 1. The van der Waals surface area contributed by atoms with Crippen LogP contribution in [0.15, 0.2) is 48.7 Å². The van der Waals surface area contributed by atoms with Crippen molar-refractivity contribution in [1.82, 2.24) is 15.1 Å². The van der Waals surface area contributed by atoms with Crippen LogP contribution < -0.4 is 10.1 Å². The van der Waals surface area contributed by atoms with E-state index < -0.39 is 23.5 Å². The molecule has 162 valence electrons. The van der Waals surface area contributed by atoms with E-state index in [9.17, 15) is 22.4 Å². The minimum absolute atomic E-state index is 0.167. The highest BCUT2D eigenvalue weighted by molar-refractivity contribution is 5.94. The van der Waals surface area contributed by atoms with Crippen molar-refractivity contribution in [2.24, 2.45) is 0 Å². The van der Waals surface area contributed by atoms with Gasteiger partial charge in [-0.3, -0.25) is 4.79 Å². The number of nitrogens with one attached hydrogen (secondary N) is 1. The molecular formula is C22H19F4N3O2. The van der Waals surface area contributed by atoms with Crippen LogP contribution in [0.1, 0.15) is 46.1 Å². The lowest BCUT2D eigenvalue weighted by Crippen LogP contribution is -2.31. The molecule has 1 amide bonds. The van der Waals surface area contributed by atoms with Crippen molar-refractivity contribution in [3.63, 3.8) is 0 Å². The van der Waals surface area contributed by atoms with Crippen LogP contribution in [0.2, 0.25) is 0 Å². The summed E-state index contributed by atoms with van der Waals surface area (Å²) in [4.78, 5) is 12.6. The van der Waals surface area contributed by atoms with E-state index in [2.05, 4.69) is 10.4 Å². The Morgan fingerprint density at radius 2 is 1.94 bits per heavy atom. The predicted molar refractivity (Wildman–Crippen MR) is 105 cm³/mol. The van der Waals surface area contributed by atoms with Crippen LogP contribution in [0.25, 0.3) is 5.69 Å². The molecule has 0 saturated carbocycles. The molecule has 0 bridgehead atoms. The molecule has 1 N–H and O–H groups in total. The van der Waals surface area contributed by atoms with Gasteiger partial charge >= 0.3 is 6.18 Å². The highest BCUT2D eigenvalue weighted by Gasteiger charge is 2.34. The van der Waals surface area contributed by atoms with Gasteiger partial charge in [0.25, 0.3) is 5.91 Å². The highest BCUT2D eigenvalue weighted by atomic mass is 19.4. The molecule has 1 atom stereocenters. The third-order valence-corrected chi connectivity index (χ3v) is 5.34. The number of halogens is 4. The third kappa shape index (κ3) is 4.12. The van der Waals surface area contributed by atoms with E-state index in [1.807, 2.05) is 24.3 Å². The summed E-state index contributed by atoms with van der Waals surface area (Å²) < 4.78 is 59.1. The normalized spacial score (nSPS) is 16.0. The lowest BCUT2D eigenvalue weighted by molar-refractivity contribution is -0.140. The number of alkyl halides is 3. The highest BCUT2D eigenvalue weighted by Crippen LogP contribution is 2.33. The molecule has 9 heteroatoms. The number of rotatable bonds is 4. The SMILES string of the molecule is COc1ccc(-n2ncc3c2CCCC3NC(=O)c2ccc(C(F)(F)F)c(F)c2)cc1. The number of benzene rings is 2. The van der Waals surface area contributed by atoms with Crippen LogP contribution >= 0.6 is 0 Å². The average Bonchev–Trinajstić information content (AvgIpc) is 3.18. The quantitative estimate of drug-likeness (QED) is 0.599. The number of nitrogens with zero attached hydrogens (tertiary/aromatic N) is 2. The third-order valence-electron chi connectivity index (χ3n) is 5.34. The minimum Gasteiger partial charge on any atom is -0.497 e. The van der Waals surface area contributed by atoms with Gasteiger partial charge in [-0.25, -0.2) is 9.07 Å². The summed E-state index contributed by atoms with van der Waals surface area (Å²) in [6.45, 7) is 0. The van der Waals surface area contributed by atoms with Gasteiger partial charge in [0, 0.05) is 16.8 Å². The van der Waals surface area contributed by atoms with Gasteiger partial charge in [-0.1, -0.05) is 0 Å². The van der Waals surface area contributed by atoms with E-state index in [0.29, 0.717) is 18.6 Å². The summed E-state index contributed by atoms with van der Waals surface area (Å²) in [5.74, 6) is -1.39. The van der Waals surface area contributed by atoms with Gasteiger partial charge in [-0.05, 0) is 61.7 Å². The number of fused-ring (bicyclic) bond motifs is 1. The van der Waals surface area contributed by atoms with Gasteiger partial charge < -0.3 is 10.1 Å². The van der Waals surface area contributed by atoms with Crippen LogP contribution in [0, 0.1) is 5.82 Å². The van der Waals surface area contributed by atoms with Gasteiger partial charge in [-0.2, -0.15) is 18.3 Å². The van der Waals surface area contributed by atoms with Gasteiger partial charge in [0.15, 0.2) is 0 Å². The Bertz CT molecular complexity index is 1110. The first-order valence-electron chi connectivity index (χ1n) is 9.67. The number of carbonyl (C=O) groups is 1. The van der Waals surface area contributed by atoms with Crippen LogP contribution in [-0.4, -0.2) is 22.8 Å². The minimum atomic E-state index is -4.81. The molecule has 1 aliphatic carbocycles. The molecule has 1 aromatic heterocycles. The van der Waals surface area contributed by atoms with E-state index >= 15 is 0 Å². The lowest BCUT2D eigenvalue weighted by Gasteiger charge is -2.24. The Hall–Kier alpha value is -3.36. The summed E-state index contributed by atoms with van der Waals surface area (Å²) in [7, 11) is 1.58. The number of ether oxygens (including phenoxy) is 1. The number of aromatic nitrogens is 2. The molecule has 1 heterocycles. The van der Waals surface area contributed by atoms with E-state index in [1.54, 1.807) is 18.0 Å². The molecule has 2 aromatic carbocycles. The monoisotopic (exact) mass is 433 g/mol. The fourth-order valence-corrected chi connectivity index (χ4v) is 3.78. The number of hydrogen-bond acceptors (Lipinski definition) is 3. The number of methoxy groups -OCH3 is 1. The van der Waals surface area contributed by atoms with Gasteiger partial charge in [0.2, 0.25) is 0 Å². The molecule has 0 saturated heterocycles. The summed E-state index contributed by atoms with van der Waals surface area (Å²) in [5.41, 5.74) is 1.06. The van der Waals surface area contributed by atoms with Crippen molar-refractivity contribution < 1.29 is 27.1 Å². The number of carbonyl (C=O) groups excluding carboxylic acids is 1. The zero-order chi connectivity index (χ0) is 22.2. The molecule has 31 heavy (non-hydrogen) atoms. The first-order chi connectivity index (χ1) is 14.8. The molecule has 0 radical (unpaired) electrons. The molecule has 0 aliphatic heterocycles. The Morgan fingerprint density at radius 3 is 2.58 bits per heavy atom. The van der Waals surface area contributed by atoms with E-state index in [0.717, 1.165) is 41.6 Å². The molecule has 0 spiro atoms. The van der Waals surface area contributed by atoms with Gasteiger partial charge in [0.05, 0.1) is 30.6 Å². The van der Waals surface area contributed by atoms with Gasteiger partial charge in [-0.15, -0.1) is 0 Å². The predicted octanol–water partition coefficient (Wildman–Crippen LogP) is 4.85. The van der Waals surface area contributed by atoms with Crippen molar-refractivity contribution in [1.29, 1.82) is 0 Å². The number of amides is 1. The average molecular weight is 433 g/mol. The van der Waals surface area contributed by atoms with Gasteiger partial charge in [0.1, 0.15) is 11.6 Å². The van der Waals surface area contributed by atoms with Crippen molar-refractivity contribution in [2.75, 3.05) is 7.11 Å². The summed E-state index contributed by atoms with van der Waals surface area (Å²) >= 11 is 0. The second kappa shape index (κ2) is 8.05. The standard InChI is InChI=1S/C22H19F4N3O2/c1-31-15-8-6-14(7-9-15)29-20-4-2-3-19(16(20)12-27-29)28-21(30)13-5-10-17(18(23)11-13)22(24,25)26/h5-12,19H,2-4H2,1H3,(H,28,30). The van der Waals surface area contributed by atoms with Crippen LogP contribution in [0.3, 0.4) is 0 Å². The fraction of sp³-hybridized carbons (Fsp3) is 0.273. The largest absolute Gasteiger partial charge is 0.497 e. The molecule has 1 aliphatic rings. The maximum absolute atomic E-state index is 13.8. The molecular weight excluding hydrogens is 414 g/mol. The Morgan fingerprint density at radius 1 is 1.19 bits per heavy atom. The van der Waals surface area contributed by atoms with E-state index in [4.69, 9.17) is 4.74 Å². The second-order valence-corrected chi connectivity index (χ2v) is 7.27. The molecule has 1 unspecified atom stereocenters. The summed E-state index contributed by atoms with van der Waals surface area (Å²) in [6, 6.07) is 9.20. The molecule has 3 aromatic rings. The Balaban J connectivity index is 1.56. The van der Waals surface area contributed by atoms with Crippen LogP contribution in [-0.2, 0) is 12.6 Å². The molecule has 4 rings (SSSR count). The van der Waals surface area contributed by atoms with E-state index in [-0.39, 0.29) is 11.6 Å². The molecule has 5 nitrogen and oxygen atoms in total. The maximum Gasteiger partial charge on any atom is 0.419 e. The lowest BCUT2D eigenvalue weighted by atomic mass is 9.92. The van der Waals surface area contributed by atoms with Crippen molar-refractivity contribution in [2.45, 2.75) is 31.5 Å². The first-order valence-corrected chi connectivity index (χ1v) is 9.67. The van der Waals surface area contributed by atoms with E-state index in [1.165, 1.54) is 0 Å². The second-order valence-electron chi connectivity index (χ2n) is 7.27. The van der Waals surface area contributed by atoms with Crippen LogP contribution in [0.4, 0.5) is 17.6 Å².